The largest absolute Gasteiger partial charge is 0.469 e. The molecule has 1 aromatic heterocycles. The minimum absolute atomic E-state index is 0.0525. The Bertz CT molecular complexity index is 1300. The molecule has 7 nitrogen and oxygen atoms in total. The highest BCUT2D eigenvalue weighted by Crippen LogP contribution is 2.32. The maximum atomic E-state index is 13.8. The number of nitrogens with zero attached hydrogens (tertiary/aromatic N) is 3. The molecule has 0 spiro atoms. The van der Waals surface area contributed by atoms with Crippen molar-refractivity contribution < 1.29 is 27.5 Å². The van der Waals surface area contributed by atoms with E-state index < -0.39 is 17.7 Å². The summed E-state index contributed by atoms with van der Waals surface area (Å²) in [5.41, 5.74) is 2.55. The standard InChI is InChI=1S/C29H31BF3N4O3/c1-40-28(39)17-22-5-3-2-4-21(22)8-11-26-25(29(31,32)33)18-34-27(35-26)16-20-6-9-24(10-7-20)37-14-12-23(13-15-37)36-30-19-38/h2-7,9-10,18-19,23,36H,8,11-17H2,1H3. The number of carbonyl (C=O) groups excluding carboxylic acids is 2. The molecule has 1 radical (unpaired) electrons. The van der Waals surface area contributed by atoms with Crippen molar-refractivity contribution in [3.05, 3.63) is 88.5 Å². The highest BCUT2D eigenvalue weighted by atomic mass is 19.4. The number of ether oxygens (including phenoxy) is 1. The van der Waals surface area contributed by atoms with Gasteiger partial charge in [0.15, 0.2) is 0 Å². The summed E-state index contributed by atoms with van der Waals surface area (Å²) in [6, 6.07) is 15.3. The van der Waals surface area contributed by atoms with Crippen LogP contribution in [-0.2, 0) is 46.2 Å². The second kappa shape index (κ2) is 13.6. The molecule has 1 aliphatic rings. The molecular formula is C29H31BF3N4O3. The zero-order chi connectivity index (χ0) is 28.5. The number of rotatable bonds is 11. The maximum absolute atomic E-state index is 13.8. The van der Waals surface area contributed by atoms with Crippen molar-refractivity contribution in [2.75, 3.05) is 25.1 Å². The Morgan fingerprint density at radius 1 is 1.10 bits per heavy atom. The van der Waals surface area contributed by atoms with E-state index in [2.05, 4.69) is 20.1 Å². The van der Waals surface area contributed by atoms with Crippen molar-refractivity contribution in [2.24, 2.45) is 0 Å². The summed E-state index contributed by atoms with van der Waals surface area (Å²) in [7, 11) is 2.74. The van der Waals surface area contributed by atoms with Gasteiger partial charge in [-0.25, -0.2) is 9.97 Å². The van der Waals surface area contributed by atoms with Crippen molar-refractivity contribution in [2.45, 2.75) is 50.7 Å². The Labute approximate surface area is 232 Å². The second-order valence-corrected chi connectivity index (χ2v) is 9.74. The van der Waals surface area contributed by atoms with Crippen LogP contribution in [0.1, 0.15) is 46.6 Å². The number of hydrogen-bond acceptors (Lipinski definition) is 7. The quantitative estimate of drug-likeness (QED) is 0.220. The van der Waals surface area contributed by atoms with Crippen molar-refractivity contribution in [3.8, 4) is 0 Å². The molecule has 1 N–H and O–H groups in total. The van der Waals surface area contributed by atoms with Gasteiger partial charge in [-0.1, -0.05) is 36.4 Å². The van der Waals surface area contributed by atoms with Crippen LogP contribution in [0.5, 0.6) is 0 Å². The van der Waals surface area contributed by atoms with Gasteiger partial charge in [0.05, 0.1) is 31.0 Å². The molecule has 11 heteroatoms. The molecule has 2 aromatic carbocycles. The van der Waals surface area contributed by atoms with Crippen molar-refractivity contribution in [3.63, 3.8) is 0 Å². The second-order valence-electron chi connectivity index (χ2n) is 9.74. The number of piperidine rings is 1. The number of aromatic nitrogens is 2. The summed E-state index contributed by atoms with van der Waals surface area (Å²) in [6.45, 7) is 1.72. The first kappa shape index (κ1) is 29.3. The number of methoxy groups -OCH3 is 1. The predicted molar refractivity (Wildman–Crippen MR) is 147 cm³/mol. The zero-order valence-corrected chi connectivity index (χ0v) is 22.3. The van der Waals surface area contributed by atoms with Crippen LogP contribution in [-0.4, -0.2) is 55.8 Å². The summed E-state index contributed by atoms with van der Waals surface area (Å²) in [6.07, 6.45) is -0.418. The Kier molecular flexibility index (Phi) is 9.92. The Morgan fingerprint density at radius 2 is 1.80 bits per heavy atom. The first-order valence-corrected chi connectivity index (χ1v) is 13.2. The van der Waals surface area contributed by atoms with E-state index in [4.69, 9.17) is 4.74 Å². The van der Waals surface area contributed by atoms with E-state index in [0.29, 0.717) is 18.7 Å². The van der Waals surface area contributed by atoms with Crippen LogP contribution < -0.4 is 10.1 Å². The lowest BCUT2D eigenvalue weighted by atomic mass is 9.93. The average molecular weight is 551 g/mol. The summed E-state index contributed by atoms with van der Waals surface area (Å²) in [5, 5.41) is 3.11. The van der Waals surface area contributed by atoms with Gasteiger partial charge in [0.2, 0.25) is 0 Å². The van der Waals surface area contributed by atoms with E-state index in [1.54, 1.807) is 24.3 Å². The van der Waals surface area contributed by atoms with E-state index in [1.165, 1.54) is 14.5 Å². The van der Waals surface area contributed by atoms with Crippen molar-refractivity contribution >= 4 is 25.3 Å². The number of aryl methyl sites for hydroxylation is 2. The molecule has 0 saturated carbocycles. The summed E-state index contributed by atoms with van der Waals surface area (Å²) in [5.74, 6) is -0.0922. The number of alkyl halides is 3. The molecule has 0 atom stereocenters. The fraction of sp³-hybridized carbons (Fsp3) is 0.379. The molecule has 0 bridgehead atoms. The average Bonchev–Trinajstić information content (AvgIpc) is 2.96. The SMILES string of the molecule is COC(=O)Cc1ccccc1CCc1nc(Cc2ccc(N3CCC(N[B]C=O)CC3)cc2)ncc1C(F)(F)F. The predicted octanol–water partition coefficient (Wildman–Crippen LogP) is 3.95. The van der Waals surface area contributed by atoms with Crippen LogP contribution in [0.3, 0.4) is 0 Å². The minimum atomic E-state index is -4.57. The molecule has 1 aliphatic heterocycles. The summed E-state index contributed by atoms with van der Waals surface area (Å²) < 4.78 is 46.1. The van der Waals surface area contributed by atoms with E-state index in [-0.39, 0.29) is 24.6 Å². The van der Waals surface area contributed by atoms with E-state index in [1.807, 2.05) is 24.3 Å². The smallest absolute Gasteiger partial charge is 0.419 e. The lowest BCUT2D eigenvalue weighted by molar-refractivity contribution is -0.140. The zero-order valence-electron chi connectivity index (χ0n) is 22.3. The number of esters is 1. The lowest BCUT2D eigenvalue weighted by Gasteiger charge is -2.34. The third-order valence-corrected chi connectivity index (χ3v) is 7.09. The van der Waals surface area contributed by atoms with E-state index in [9.17, 15) is 22.8 Å². The number of hydrogen-bond donors (Lipinski definition) is 1. The van der Waals surface area contributed by atoms with Crippen molar-refractivity contribution in [1.29, 1.82) is 0 Å². The molecule has 40 heavy (non-hydrogen) atoms. The van der Waals surface area contributed by atoms with Gasteiger partial charge in [-0.05, 0) is 60.5 Å². The number of carbonyl (C=O) groups is 2. The highest BCUT2D eigenvalue weighted by molar-refractivity contribution is 6.64. The van der Waals surface area contributed by atoms with Crippen LogP contribution in [0.25, 0.3) is 0 Å². The monoisotopic (exact) mass is 551 g/mol. The molecule has 4 rings (SSSR count). The van der Waals surface area contributed by atoms with Gasteiger partial charge in [0.25, 0.3) is 7.41 Å². The fourth-order valence-electron chi connectivity index (χ4n) is 4.91. The van der Waals surface area contributed by atoms with Crippen molar-refractivity contribution in [1.82, 2.24) is 15.2 Å². The third-order valence-electron chi connectivity index (χ3n) is 7.09. The molecule has 1 fully saturated rings. The molecule has 0 aliphatic carbocycles. The van der Waals surface area contributed by atoms with Gasteiger partial charge in [0.1, 0.15) is 5.82 Å². The van der Waals surface area contributed by atoms with Crippen LogP contribution in [0.2, 0.25) is 0 Å². The first-order valence-electron chi connectivity index (χ1n) is 13.2. The number of nitrogens with one attached hydrogen (secondary N) is 1. The molecular weight excluding hydrogens is 520 g/mol. The van der Waals surface area contributed by atoms with Gasteiger partial charge in [-0.3, -0.25) is 4.79 Å². The molecule has 1 saturated heterocycles. The summed E-state index contributed by atoms with van der Waals surface area (Å²) >= 11 is 0. The van der Waals surface area contributed by atoms with Gasteiger partial charge in [-0.15, -0.1) is 0 Å². The van der Waals surface area contributed by atoms with E-state index in [0.717, 1.165) is 60.7 Å². The highest BCUT2D eigenvalue weighted by Gasteiger charge is 2.34. The maximum Gasteiger partial charge on any atom is 0.419 e. The molecule has 2 heterocycles. The number of benzene rings is 2. The third kappa shape index (κ3) is 7.91. The summed E-state index contributed by atoms with van der Waals surface area (Å²) in [4.78, 5) is 32.9. The Hall–Kier alpha value is -3.73. The van der Waals surface area contributed by atoms with Crippen LogP contribution in [0.15, 0.2) is 54.7 Å². The minimum Gasteiger partial charge on any atom is -0.469 e. The van der Waals surface area contributed by atoms with Gasteiger partial charge < -0.3 is 19.7 Å². The fourth-order valence-corrected chi connectivity index (χ4v) is 4.91. The molecule has 0 amide bonds. The normalized spacial score (nSPS) is 14.2. The van der Waals surface area contributed by atoms with Gasteiger partial charge >= 0.3 is 12.1 Å². The molecule has 209 valence electrons. The van der Waals surface area contributed by atoms with E-state index >= 15 is 0 Å². The topological polar surface area (TPSA) is 84.4 Å². The Morgan fingerprint density at radius 3 is 2.45 bits per heavy atom. The molecule has 3 aromatic rings. The lowest BCUT2D eigenvalue weighted by Crippen LogP contribution is -2.44. The van der Waals surface area contributed by atoms with Gasteiger partial charge in [0, 0.05) is 31.4 Å². The first-order chi connectivity index (χ1) is 19.3. The van der Waals surface area contributed by atoms with Crippen LogP contribution in [0, 0.1) is 0 Å². The van der Waals surface area contributed by atoms with Crippen LogP contribution >= 0.6 is 0 Å². The van der Waals surface area contributed by atoms with Crippen LogP contribution in [0.4, 0.5) is 18.9 Å². The number of anilines is 1. The number of halogens is 3. The molecule has 0 unspecified atom stereocenters. The van der Waals surface area contributed by atoms with Gasteiger partial charge in [-0.2, -0.15) is 13.2 Å². The Balaban J connectivity index is 1.44.